The van der Waals surface area contributed by atoms with Crippen LogP contribution >= 0.6 is 0 Å². The molecular weight excluding hydrogens is 1540 g/mol. The highest BCUT2D eigenvalue weighted by atomic mass is 19.1. The first-order valence-electron chi connectivity index (χ1n) is 40.5. The molecule has 9 aromatic rings. The molecule has 15 rings (SSSR count). The van der Waals surface area contributed by atoms with Crippen molar-refractivity contribution in [3.05, 3.63) is 278 Å². The van der Waals surface area contributed by atoms with Crippen LogP contribution in [0, 0.1) is 23.0 Å². The summed E-state index contributed by atoms with van der Waals surface area (Å²) in [5.74, 6) is -2.56. The van der Waals surface area contributed by atoms with Crippen LogP contribution < -0.4 is 33.2 Å². The van der Waals surface area contributed by atoms with E-state index in [9.17, 15) is 52.9 Å². The van der Waals surface area contributed by atoms with Crippen LogP contribution in [0.15, 0.2) is 194 Å². The first-order chi connectivity index (χ1) is 58.3. The average Bonchev–Trinajstić information content (AvgIpc) is 0.858. The van der Waals surface area contributed by atoms with E-state index in [0.29, 0.717) is 56.6 Å². The van der Waals surface area contributed by atoms with Gasteiger partial charge in [0, 0.05) is 67.2 Å². The molecule has 3 heterocycles. The lowest BCUT2D eigenvalue weighted by Gasteiger charge is -2.37. The molecule has 626 valence electrons. The highest BCUT2D eigenvalue weighted by molar-refractivity contribution is 5.90. The Bertz CT molecular complexity index is 5100. The van der Waals surface area contributed by atoms with E-state index in [1.165, 1.54) is 35.0 Å². The second kappa shape index (κ2) is 40.4. The number of amides is 3. The molecule has 0 bridgehead atoms. The Hall–Kier alpha value is -12.4. The van der Waals surface area contributed by atoms with Gasteiger partial charge in [0.25, 0.3) is 17.7 Å². The Morgan fingerprint density at radius 1 is 0.408 bits per heavy atom. The van der Waals surface area contributed by atoms with E-state index >= 15 is 0 Å². The van der Waals surface area contributed by atoms with Gasteiger partial charge in [0.1, 0.15) is 55.3 Å². The zero-order valence-corrected chi connectivity index (χ0v) is 67.4. The zero-order valence-electron chi connectivity index (χ0n) is 67.4. The minimum Gasteiger partial charge on any atom is -0.497 e. The van der Waals surface area contributed by atoms with Gasteiger partial charge in [0.2, 0.25) is 0 Å². The Morgan fingerprint density at radius 2 is 0.733 bits per heavy atom. The molecule has 23 nitrogen and oxygen atoms in total. The van der Waals surface area contributed by atoms with Crippen LogP contribution in [-0.2, 0) is 102 Å². The van der Waals surface area contributed by atoms with Gasteiger partial charge < -0.3 is 77.4 Å². The lowest BCUT2D eigenvalue weighted by molar-refractivity contribution is -0.160. The Balaban J connectivity index is 0.000000156. The maximum absolute atomic E-state index is 14.3. The van der Waals surface area contributed by atoms with Crippen molar-refractivity contribution in [2.45, 2.75) is 191 Å². The summed E-state index contributed by atoms with van der Waals surface area (Å²) in [4.78, 5) is 84.0. The normalized spacial score (nSPS) is 17.6. The van der Waals surface area contributed by atoms with Crippen LogP contribution in [0.25, 0.3) is 0 Å². The lowest BCUT2D eigenvalue weighted by Crippen LogP contribution is -2.50. The summed E-state index contributed by atoms with van der Waals surface area (Å²) in [7, 11) is 6.15. The average molecular weight is 1640 g/mol. The molecule has 3 amide bonds. The molecule has 3 aliphatic carbocycles. The first kappa shape index (κ1) is 85.5. The molecule has 3 aliphatic heterocycles. The Kier molecular flexibility index (Phi) is 28.8. The minimum atomic E-state index is -1.18. The molecule has 3 N–H and O–H groups in total. The summed E-state index contributed by atoms with van der Waals surface area (Å²) in [5.41, 5.74) is 8.91. The fourth-order valence-electron chi connectivity index (χ4n) is 16.5. The van der Waals surface area contributed by atoms with E-state index in [-0.39, 0.29) is 100 Å². The van der Waals surface area contributed by atoms with Crippen LogP contribution in [0.4, 0.5) is 8.78 Å². The topological polar surface area (TPSA) is 289 Å². The van der Waals surface area contributed by atoms with Gasteiger partial charge in [0.05, 0.1) is 58.4 Å². The number of halogens is 2. The van der Waals surface area contributed by atoms with Crippen molar-refractivity contribution in [1.29, 1.82) is 5.26 Å². The first-order valence-corrected chi connectivity index (χ1v) is 40.5. The molecule has 0 aromatic heterocycles. The van der Waals surface area contributed by atoms with Gasteiger partial charge in [0.15, 0.2) is 52.8 Å². The van der Waals surface area contributed by atoms with Gasteiger partial charge >= 0.3 is 17.9 Å². The third-order valence-electron chi connectivity index (χ3n) is 22.9. The predicted molar refractivity (Wildman–Crippen MR) is 437 cm³/mol. The molecule has 6 aliphatic rings. The summed E-state index contributed by atoms with van der Waals surface area (Å²) < 4.78 is 86.8. The number of rotatable bonds is 28. The Labute approximate surface area is 695 Å². The third-order valence-corrected chi connectivity index (χ3v) is 22.9. The predicted octanol–water partition coefficient (Wildman–Crippen LogP) is 16.1. The SMILES string of the molecule is COc1ccc(COc2c(OC)ccc3c2CC(C(=O)O)N(C(=O)C(OC2CCCC2)c2ccccc2)C3)cc1.COc1ccc2c(c1OCc1ccc(C#N)cc1)CC(C(=O)O)N(C(=O)C(OC1CCCC1)c1ccccc1)C2.COc1ccc2c(c1OCc1ccc(F)cc1F)CC(C(=O)O)N(C(=O)C(OC1CCCC1)c1ccccc1)C2. The molecule has 6 unspecified atom stereocenters. The second-order valence-corrected chi connectivity index (χ2v) is 30.5. The molecule has 3 fully saturated rings. The largest absolute Gasteiger partial charge is 0.497 e. The smallest absolute Gasteiger partial charge is 0.326 e. The molecule has 9 aromatic carbocycles. The number of carboxylic acids is 3. The third kappa shape index (κ3) is 20.5. The maximum Gasteiger partial charge on any atom is 0.326 e. The number of ether oxygens (including phenoxy) is 10. The van der Waals surface area contributed by atoms with Crippen LogP contribution in [0.3, 0.4) is 0 Å². The van der Waals surface area contributed by atoms with Gasteiger partial charge in [-0.15, -0.1) is 0 Å². The minimum absolute atomic E-state index is 0.0169. The molecule has 0 radical (unpaired) electrons. The number of benzene rings is 9. The summed E-state index contributed by atoms with van der Waals surface area (Å²) in [6.07, 6.45) is 8.95. The maximum atomic E-state index is 14.3. The van der Waals surface area contributed by atoms with Crippen molar-refractivity contribution in [3.8, 4) is 46.3 Å². The van der Waals surface area contributed by atoms with Gasteiger partial charge in [-0.05, 0) is 138 Å². The summed E-state index contributed by atoms with van der Waals surface area (Å²) in [6.45, 7) is 0.524. The molecule has 6 atom stereocenters. The standard InChI is InChI=1S/C32H32N2O6.C32H35NO7.C31H31F2NO6/c1-38-28-16-15-24-19-34(31(35)29(23-7-3-2-4-8-23)40-25-9-5-6-10-25)27(32(36)37)17-26(24)30(28)39-20-22-13-11-21(18-33)12-14-22;1-37-24-15-12-21(13-16-24)20-39-30-26-18-27(32(35)36)33(19-23(26)14-17-28(30)38-2)31(34)29(22-8-4-3-5-9-22)40-25-10-6-7-11-25;1-38-27-14-12-20-17-34(30(35)28(19-7-3-2-4-8-19)40-23-9-5-6-10-23)26(31(36)37)16-24(20)29(27)39-18-21-11-13-22(32)15-25(21)33/h2-4,7-8,11-16,25,27,29H,5-6,9-10,17,19-20H2,1H3,(H,36,37);3-5,8-9,12-17,25,27,29H,6-7,10-11,18-20H2,1-2H3,(H,35,36);2-4,7-8,11-15,23,26,28H,5-6,9-10,16-18H2,1H3,(H,36,37). The zero-order chi connectivity index (χ0) is 84.3. The van der Waals surface area contributed by atoms with E-state index in [2.05, 4.69) is 6.07 Å². The van der Waals surface area contributed by atoms with E-state index in [0.717, 1.165) is 134 Å². The molecule has 0 saturated heterocycles. The monoisotopic (exact) mass is 1640 g/mol. The van der Waals surface area contributed by atoms with E-state index in [1.54, 1.807) is 50.6 Å². The fourth-order valence-corrected chi connectivity index (χ4v) is 16.5. The van der Waals surface area contributed by atoms with Gasteiger partial charge in [-0.1, -0.05) is 172 Å². The van der Waals surface area contributed by atoms with Crippen molar-refractivity contribution >= 4 is 35.6 Å². The van der Waals surface area contributed by atoms with Crippen LogP contribution in [0.2, 0.25) is 0 Å². The molecular formula is C95H98F2N4O19. The number of fused-ring (bicyclic) bond motifs is 3. The van der Waals surface area contributed by atoms with Crippen LogP contribution in [0.5, 0.6) is 40.2 Å². The molecule has 25 heteroatoms. The highest BCUT2D eigenvalue weighted by Crippen LogP contribution is 2.45. The van der Waals surface area contributed by atoms with Crippen molar-refractivity contribution in [2.75, 3.05) is 28.4 Å². The van der Waals surface area contributed by atoms with Crippen LogP contribution in [-0.4, -0.2) is 131 Å². The number of nitrogens with zero attached hydrogens (tertiary/aromatic N) is 4. The number of hydrogen-bond donors (Lipinski definition) is 3. The molecule has 0 spiro atoms. The summed E-state index contributed by atoms with van der Waals surface area (Å²) in [5, 5.41) is 39.8. The van der Waals surface area contributed by atoms with E-state index in [4.69, 9.17) is 52.6 Å². The molecule has 3 saturated carbocycles. The summed E-state index contributed by atoms with van der Waals surface area (Å²) >= 11 is 0. The number of aliphatic carboxylic acids is 3. The van der Waals surface area contributed by atoms with E-state index in [1.807, 2.05) is 140 Å². The Morgan fingerprint density at radius 3 is 1.03 bits per heavy atom. The van der Waals surface area contributed by atoms with Crippen molar-refractivity contribution in [1.82, 2.24) is 14.7 Å². The second-order valence-electron chi connectivity index (χ2n) is 30.5. The number of methoxy groups -OCH3 is 4. The van der Waals surface area contributed by atoms with Gasteiger partial charge in [-0.3, -0.25) is 14.4 Å². The molecule has 120 heavy (non-hydrogen) atoms. The number of hydrogen-bond acceptors (Lipinski definition) is 17. The van der Waals surface area contributed by atoms with Gasteiger partial charge in [-0.25, -0.2) is 23.2 Å². The lowest BCUT2D eigenvalue weighted by atomic mass is 9.91. The fraction of sp³-hybridized carbons (Fsp3) is 0.358. The number of carbonyl (C=O) groups excluding carboxylic acids is 3. The van der Waals surface area contributed by atoms with E-state index < -0.39 is 71.9 Å². The highest BCUT2D eigenvalue weighted by Gasteiger charge is 2.45. The van der Waals surface area contributed by atoms with Crippen molar-refractivity contribution in [3.63, 3.8) is 0 Å². The summed E-state index contributed by atoms with van der Waals surface area (Å²) in [6, 6.07) is 55.1. The quantitative estimate of drug-likeness (QED) is 0.0410. The number of carbonyl (C=O) groups is 6. The number of carboxylic acid groups (broad SMARTS) is 3. The van der Waals surface area contributed by atoms with Crippen molar-refractivity contribution < 1.29 is 100 Å². The van der Waals surface area contributed by atoms with Crippen LogP contribution in [0.1, 0.15) is 168 Å². The van der Waals surface area contributed by atoms with Gasteiger partial charge in [-0.2, -0.15) is 5.26 Å². The van der Waals surface area contributed by atoms with Crippen molar-refractivity contribution in [2.24, 2.45) is 0 Å². The number of nitriles is 1.